The molecular weight excluding hydrogens is 671 g/mol. The van der Waals surface area contributed by atoms with Crippen molar-refractivity contribution < 1.29 is 22.6 Å². The highest BCUT2D eigenvalue weighted by Gasteiger charge is 2.33. The summed E-state index contributed by atoms with van der Waals surface area (Å²) in [6, 6.07) is 12.2. The van der Waals surface area contributed by atoms with Crippen molar-refractivity contribution in [1.82, 2.24) is 19.6 Å². The van der Waals surface area contributed by atoms with Crippen molar-refractivity contribution in [2.45, 2.75) is 77.1 Å². The Kier molecular flexibility index (Phi) is 11.7. The molecule has 0 unspecified atom stereocenters. The molecule has 13 heteroatoms. The molecule has 266 valence electrons. The van der Waals surface area contributed by atoms with Crippen LogP contribution in [-0.2, 0) is 24.0 Å². The van der Waals surface area contributed by atoms with Gasteiger partial charge in [-0.1, -0.05) is 64.1 Å². The van der Waals surface area contributed by atoms with E-state index in [4.69, 9.17) is 29.3 Å². The minimum Gasteiger partial charge on any atom is -0.494 e. The van der Waals surface area contributed by atoms with E-state index in [9.17, 15) is 8.42 Å². The van der Waals surface area contributed by atoms with Crippen molar-refractivity contribution in [2.75, 3.05) is 49.7 Å². The highest BCUT2D eigenvalue weighted by Crippen LogP contribution is 2.40. The normalized spacial score (nSPS) is 15.6. The highest BCUT2D eigenvalue weighted by atomic mass is 32.2. The summed E-state index contributed by atoms with van der Waals surface area (Å²) in [5, 5.41) is 5.96. The van der Waals surface area contributed by atoms with Gasteiger partial charge < -0.3 is 19.1 Å². The molecule has 0 atom stereocenters. The molecule has 4 heterocycles. The lowest BCUT2D eigenvalue weighted by Crippen LogP contribution is -2.35. The van der Waals surface area contributed by atoms with Crippen molar-refractivity contribution >= 4 is 54.1 Å². The second-order valence-electron chi connectivity index (χ2n) is 15.4. The molecule has 1 saturated heterocycles. The topological polar surface area (TPSA) is 108 Å². The highest BCUT2D eigenvalue weighted by molar-refractivity contribution is 7.91. The zero-order valence-corrected chi connectivity index (χ0v) is 33.1. The maximum Gasteiger partial charge on any atom is 0.165 e. The lowest BCUT2D eigenvalue weighted by atomic mass is 9.93. The fraction of sp³-hybridized carbons (Fsp3) is 0.528. The standard InChI is InChI=1S/C36H53N5O5SSi2/c1-9-46-27(2)33-34(28-14-18-47(42,43)19-15-28)39-35-31(30-22-29-12-10-11-13-32(29)37-23-30)24-38-41(35)36(33)40(25-44-16-20-48(3,4)5)26-45-17-21-49(6,7)8/h10-13,22-24,28H,2,9,14-21,25-26H2,1,3-8H3. The van der Waals surface area contributed by atoms with E-state index < -0.39 is 26.0 Å². The molecule has 1 aliphatic rings. The Hall–Kier alpha value is -3.11. The fourth-order valence-corrected chi connectivity index (χ4v) is 8.95. The molecule has 5 rings (SSSR count). The zero-order chi connectivity index (χ0) is 35.4. The summed E-state index contributed by atoms with van der Waals surface area (Å²) in [5.41, 5.74) is 4.76. The lowest BCUT2D eigenvalue weighted by molar-refractivity contribution is 0.0941. The first-order chi connectivity index (χ1) is 23.2. The number of rotatable bonds is 16. The van der Waals surface area contributed by atoms with Gasteiger partial charge in [0, 0.05) is 58.0 Å². The van der Waals surface area contributed by atoms with Crippen molar-refractivity contribution in [1.29, 1.82) is 0 Å². The van der Waals surface area contributed by atoms with E-state index in [0.29, 0.717) is 55.4 Å². The van der Waals surface area contributed by atoms with E-state index in [-0.39, 0.29) is 30.9 Å². The number of anilines is 1. The van der Waals surface area contributed by atoms with E-state index in [2.05, 4.69) is 56.8 Å². The van der Waals surface area contributed by atoms with Crippen molar-refractivity contribution in [3.8, 4) is 11.1 Å². The number of fused-ring (bicyclic) bond motifs is 2. The molecule has 0 amide bonds. The molecule has 1 aliphatic heterocycles. The van der Waals surface area contributed by atoms with Gasteiger partial charge in [0.25, 0.3) is 0 Å². The van der Waals surface area contributed by atoms with Gasteiger partial charge in [-0.3, -0.25) is 4.98 Å². The van der Waals surface area contributed by atoms with Crippen molar-refractivity contribution in [3.63, 3.8) is 0 Å². The summed E-state index contributed by atoms with van der Waals surface area (Å²) in [6.45, 7) is 22.6. The van der Waals surface area contributed by atoms with Crippen LogP contribution in [0.1, 0.15) is 36.9 Å². The summed E-state index contributed by atoms with van der Waals surface area (Å²) in [5.74, 6) is 1.30. The SMILES string of the molecule is C=C(OCC)c1c(C2CCS(=O)(=O)CC2)nc2c(-c3cnc4ccccc4c3)cnn2c1N(COCC[Si](C)(C)C)COCC[Si](C)(C)C. The second-order valence-corrected chi connectivity index (χ2v) is 29.0. The molecule has 1 fully saturated rings. The van der Waals surface area contributed by atoms with Crippen molar-refractivity contribution in [3.05, 3.63) is 60.6 Å². The van der Waals surface area contributed by atoms with Crippen LogP contribution in [0.4, 0.5) is 5.82 Å². The molecule has 0 aliphatic carbocycles. The van der Waals surface area contributed by atoms with Crippen LogP contribution in [0, 0.1) is 0 Å². The maximum atomic E-state index is 12.6. The summed E-state index contributed by atoms with van der Waals surface area (Å²) >= 11 is 0. The quantitative estimate of drug-likeness (QED) is 0.0498. The Morgan fingerprint density at radius 2 is 1.61 bits per heavy atom. The fourth-order valence-electron chi connectivity index (χ4n) is 5.95. The number of ether oxygens (including phenoxy) is 3. The molecule has 0 bridgehead atoms. The molecule has 3 aromatic heterocycles. The number of hydrogen-bond donors (Lipinski definition) is 0. The number of hydrogen-bond acceptors (Lipinski definition) is 9. The molecule has 10 nitrogen and oxygen atoms in total. The predicted octanol–water partition coefficient (Wildman–Crippen LogP) is 7.67. The first-order valence-electron chi connectivity index (χ1n) is 17.4. The van der Waals surface area contributed by atoms with Crippen LogP contribution in [0.3, 0.4) is 0 Å². The van der Waals surface area contributed by atoms with Gasteiger partial charge in [0.15, 0.2) is 5.65 Å². The smallest absolute Gasteiger partial charge is 0.165 e. The van der Waals surface area contributed by atoms with Crippen LogP contribution in [0.25, 0.3) is 33.4 Å². The van der Waals surface area contributed by atoms with Gasteiger partial charge in [-0.05, 0) is 44.0 Å². The van der Waals surface area contributed by atoms with Crippen LogP contribution >= 0.6 is 0 Å². The van der Waals surface area contributed by atoms with Gasteiger partial charge in [0.2, 0.25) is 0 Å². The summed E-state index contributed by atoms with van der Waals surface area (Å²) in [7, 11) is -5.76. The summed E-state index contributed by atoms with van der Waals surface area (Å²) in [4.78, 5) is 12.1. The Labute approximate surface area is 293 Å². The number of sulfone groups is 1. The van der Waals surface area contributed by atoms with Crippen LogP contribution < -0.4 is 4.90 Å². The van der Waals surface area contributed by atoms with Crippen LogP contribution in [-0.4, -0.2) is 88.9 Å². The van der Waals surface area contributed by atoms with Gasteiger partial charge in [0.05, 0.1) is 41.1 Å². The summed E-state index contributed by atoms with van der Waals surface area (Å²) in [6.07, 6.45) is 4.63. The summed E-state index contributed by atoms with van der Waals surface area (Å²) < 4.78 is 45.9. The van der Waals surface area contributed by atoms with E-state index in [0.717, 1.165) is 39.8 Å². The Morgan fingerprint density at radius 1 is 0.980 bits per heavy atom. The monoisotopic (exact) mass is 723 g/mol. The van der Waals surface area contributed by atoms with Gasteiger partial charge >= 0.3 is 0 Å². The first-order valence-corrected chi connectivity index (χ1v) is 26.6. The lowest BCUT2D eigenvalue weighted by Gasteiger charge is -2.31. The Balaban J connectivity index is 1.69. The van der Waals surface area contributed by atoms with Gasteiger partial charge in [0.1, 0.15) is 34.9 Å². The maximum absolute atomic E-state index is 12.6. The molecule has 0 saturated carbocycles. The average Bonchev–Trinajstić information content (AvgIpc) is 3.46. The van der Waals surface area contributed by atoms with E-state index in [1.807, 2.05) is 48.1 Å². The van der Waals surface area contributed by atoms with E-state index in [1.54, 1.807) is 0 Å². The molecule has 1 aromatic carbocycles. The third-order valence-electron chi connectivity index (χ3n) is 8.88. The minimum absolute atomic E-state index is 0.112. The average molecular weight is 724 g/mol. The van der Waals surface area contributed by atoms with Gasteiger partial charge in [-0.2, -0.15) is 9.61 Å². The van der Waals surface area contributed by atoms with Crippen LogP contribution in [0.2, 0.25) is 51.4 Å². The van der Waals surface area contributed by atoms with Crippen LogP contribution in [0.5, 0.6) is 0 Å². The minimum atomic E-state index is -3.10. The molecule has 4 aromatic rings. The molecular formula is C36H53N5O5SSi2. The van der Waals surface area contributed by atoms with Crippen molar-refractivity contribution in [2.24, 2.45) is 0 Å². The number of pyridine rings is 1. The van der Waals surface area contributed by atoms with Gasteiger partial charge in [-0.15, -0.1) is 0 Å². The largest absolute Gasteiger partial charge is 0.494 e. The van der Waals surface area contributed by atoms with E-state index in [1.165, 1.54) is 0 Å². The first kappa shape index (κ1) is 37.2. The van der Waals surface area contributed by atoms with Crippen LogP contribution in [0.15, 0.2) is 49.3 Å². The Bertz CT molecular complexity index is 1850. The molecule has 0 N–H and O–H groups in total. The third-order valence-corrected chi connectivity index (χ3v) is 14.0. The number of benzene rings is 1. The predicted molar refractivity (Wildman–Crippen MR) is 205 cm³/mol. The van der Waals surface area contributed by atoms with Gasteiger partial charge in [-0.25, -0.2) is 13.4 Å². The number of aromatic nitrogens is 4. The molecule has 49 heavy (non-hydrogen) atoms. The van der Waals surface area contributed by atoms with E-state index >= 15 is 0 Å². The Morgan fingerprint density at radius 3 is 2.22 bits per heavy atom. The molecule has 0 radical (unpaired) electrons. The number of para-hydroxylation sites is 1. The second kappa shape index (κ2) is 15.4. The third kappa shape index (κ3) is 9.57. The molecule has 0 spiro atoms. The zero-order valence-electron chi connectivity index (χ0n) is 30.3. The number of nitrogens with zero attached hydrogens (tertiary/aromatic N) is 5.